The Morgan fingerprint density at radius 1 is 0.941 bits per heavy atom. The predicted molar refractivity (Wildman–Crippen MR) is 64.0 cm³/mol. The molecule has 0 radical (unpaired) electrons. The van der Waals surface area contributed by atoms with Gasteiger partial charge in [0.15, 0.2) is 11.4 Å². The predicted octanol–water partition coefficient (Wildman–Crippen LogP) is 2.41. The molecule has 0 saturated carbocycles. The molecule has 2 heterocycles. The molecule has 4 nitrogen and oxygen atoms in total. The van der Waals surface area contributed by atoms with Crippen molar-refractivity contribution in [3.63, 3.8) is 0 Å². The van der Waals surface area contributed by atoms with Gasteiger partial charge in [-0.15, -0.1) is 0 Å². The molecule has 0 aliphatic carbocycles. The molecule has 3 rings (SSSR count). The molecule has 2 N–H and O–H groups in total. The lowest BCUT2D eigenvalue weighted by Gasteiger charge is -2.04. The van der Waals surface area contributed by atoms with Crippen LogP contribution in [0, 0.1) is 0 Å². The van der Waals surface area contributed by atoms with Crippen LogP contribution in [0.15, 0.2) is 48.8 Å². The summed E-state index contributed by atoms with van der Waals surface area (Å²) in [7, 11) is 0. The molecule has 84 valence electrons. The van der Waals surface area contributed by atoms with Gasteiger partial charge in [0.1, 0.15) is 5.75 Å². The highest BCUT2D eigenvalue weighted by atomic mass is 16.3. The molecule has 2 aromatic heterocycles. The van der Waals surface area contributed by atoms with Crippen molar-refractivity contribution in [2.45, 2.75) is 0 Å². The number of hydrogen-bond donors (Lipinski definition) is 2. The van der Waals surface area contributed by atoms with Gasteiger partial charge in [-0.25, -0.2) is 4.98 Å². The second-order valence-corrected chi connectivity index (χ2v) is 3.75. The van der Waals surface area contributed by atoms with Crippen LogP contribution < -0.4 is 0 Å². The number of fused-ring (bicyclic) bond motifs is 1. The number of pyridine rings is 1. The first kappa shape index (κ1) is 9.72. The van der Waals surface area contributed by atoms with E-state index in [-0.39, 0.29) is 11.5 Å². The van der Waals surface area contributed by atoms with Crippen molar-refractivity contribution in [1.82, 2.24) is 9.38 Å². The van der Waals surface area contributed by atoms with E-state index in [4.69, 9.17) is 0 Å². The van der Waals surface area contributed by atoms with Crippen molar-refractivity contribution < 1.29 is 10.2 Å². The minimum absolute atomic E-state index is 0.120. The van der Waals surface area contributed by atoms with Crippen LogP contribution in [0.4, 0.5) is 0 Å². The number of aromatic hydroxyl groups is 2. The number of nitrogens with zero attached hydrogens (tertiary/aromatic N) is 2. The van der Waals surface area contributed by atoms with E-state index in [0.717, 1.165) is 5.69 Å². The Morgan fingerprint density at radius 2 is 1.71 bits per heavy atom. The highest BCUT2D eigenvalue weighted by molar-refractivity contribution is 5.71. The van der Waals surface area contributed by atoms with E-state index in [1.165, 1.54) is 0 Å². The minimum atomic E-state index is 0.120. The fourth-order valence-electron chi connectivity index (χ4n) is 1.89. The number of phenolic OH excluding ortho intramolecular Hbond substituents is 1. The largest absolute Gasteiger partial charge is 0.507 e. The van der Waals surface area contributed by atoms with Crippen LogP contribution in [0.3, 0.4) is 0 Å². The summed E-state index contributed by atoms with van der Waals surface area (Å²) in [4.78, 5) is 4.14. The Hall–Kier alpha value is -2.49. The lowest BCUT2D eigenvalue weighted by Crippen LogP contribution is -1.87. The molecular formula is C13H10N2O2. The Kier molecular flexibility index (Phi) is 2.01. The molecule has 0 atom stereocenters. The van der Waals surface area contributed by atoms with Crippen molar-refractivity contribution in [1.29, 1.82) is 0 Å². The van der Waals surface area contributed by atoms with E-state index in [0.29, 0.717) is 11.2 Å². The first-order valence-electron chi connectivity index (χ1n) is 5.21. The number of rotatable bonds is 1. The smallest absolute Gasteiger partial charge is 0.179 e. The van der Waals surface area contributed by atoms with E-state index < -0.39 is 0 Å². The molecule has 17 heavy (non-hydrogen) atoms. The molecular weight excluding hydrogens is 216 g/mol. The summed E-state index contributed by atoms with van der Waals surface area (Å²) >= 11 is 0. The van der Waals surface area contributed by atoms with Crippen molar-refractivity contribution in [2.75, 3.05) is 0 Å². The average Bonchev–Trinajstić information content (AvgIpc) is 2.75. The van der Waals surface area contributed by atoms with Crippen LogP contribution in [0.5, 0.6) is 11.5 Å². The zero-order valence-electron chi connectivity index (χ0n) is 8.91. The minimum Gasteiger partial charge on any atom is -0.507 e. The van der Waals surface area contributed by atoms with Gasteiger partial charge in [-0.2, -0.15) is 0 Å². The molecule has 0 aliphatic rings. The van der Waals surface area contributed by atoms with E-state index in [1.54, 1.807) is 41.1 Å². The summed E-state index contributed by atoms with van der Waals surface area (Å²) < 4.78 is 1.74. The Morgan fingerprint density at radius 3 is 2.53 bits per heavy atom. The third-order valence-electron chi connectivity index (χ3n) is 2.70. The maximum atomic E-state index is 9.81. The van der Waals surface area contributed by atoms with E-state index in [2.05, 4.69) is 4.98 Å². The maximum absolute atomic E-state index is 9.81. The van der Waals surface area contributed by atoms with Gasteiger partial charge in [-0.1, -0.05) is 12.1 Å². The lowest BCUT2D eigenvalue weighted by atomic mass is 10.1. The summed E-state index contributed by atoms with van der Waals surface area (Å²) in [6.45, 7) is 0. The maximum Gasteiger partial charge on any atom is 0.179 e. The normalized spacial score (nSPS) is 10.8. The molecule has 0 fully saturated rings. The van der Waals surface area contributed by atoms with Gasteiger partial charge >= 0.3 is 0 Å². The number of para-hydroxylation sites is 1. The monoisotopic (exact) mass is 226 g/mol. The number of benzene rings is 1. The quantitative estimate of drug-likeness (QED) is 0.670. The van der Waals surface area contributed by atoms with Crippen LogP contribution in [0.1, 0.15) is 0 Å². The highest BCUT2D eigenvalue weighted by Gasteiger charge is 2.10. The van der Waals surface area contributed by atoms with Crippen LogP contribution in [-0.2, 0) is 0 Å². The summed E-state index contributed by atoms with van der Waals surface area (Å²) in [5.41, 5.74) is 1.91. The molecule has 1 aromatic carbocycles. The van der Waals surface area contributed by atoms with Gasteiger partial charge in [-0.3, -0.25) is 4.40 Å². The average molecular weight is 226 g/mol. The van der Waals surface area contributed by atoms with Crippen LogP contribution in [-0.4, -0.2) is 19.6 Å². The molecule has 0 aliphatic heterocycles. The summed E-state index contributed by atoms with van der Waals surface area (Å²) in [6, 6.07) is 10.3. The standard InChI is InChI=1S/C13H10N2O2/c16-11-5-2-1-4-9(11)10-8-14-13-12(17)6-3-7-15(10)13/h1-8,16-17H. The summed E-state index contributed by atoms with van der Waals surface area (Å²) in [6.07, 6.45) is 3.42. The Bertz CT molecular complexity index is 689. The van der Waals surface area contributed by atoms with Crippen molar-refractivity contribution >= 4 is 5.65 Å². The van der Waals surface area contributed by atoms with Crippen molar-refractivity contribution in [2.24, 2.45) is 0 Å². The summed E-state index contributed by atoms with van der Waals surface area (Å²) in [5, 5.41) is 19.5. The molecule has 4 heteroatoms. The van der Waals surface area contributed by atoms with Crippen LogP contribution in [0.25, 0.3) is 16.9 Å². The molecule has 0 saturated heterocycles. The van der Waals surface area contributed by atoms with E-state index >= 15 is 0 Å². The van der Waals surface area contributed by atoms with E-state index in [9.17, 15) is 10.2 Å². The van der Waals surface area contributed by atoms with Gasteiger partial charge in [0.25, 0.3) is 0 Å². The first-order valence-corrected chi connectivity index (χ1v) is 5.21. The number of aromatic nitrogens is 2. The molecule has 3 aromatic rings. The molecule has 0 unspecified atom stereocenters. The number of phenols is 1. The molecule has 0 bridgehead atoms. The number of hydrogen-bond acceptors (Lipinski definition) is 3. The fourth-order valence-corrected chi connectivity index (χ4v) is 1.89. The van der Waals surface area contributed by atoms with E-state index in [1.807, 2.05) is 12.1 Å². The third kappa shape index (κ3) is 1.42. The Balaban J connectivity index is 2.33. The Labute approximate surface area is 97.4 Å². The van der Waals surface area contributed by atoms with Gasteiger partial charge in [0.2, 0.25) is 0 Å². The van der Waals surface area contributed by atoms with Crippen molar-refractivity contribution in [3.8, 4) is 22.8 Å². The van der Waals surface area contributed by atoms with Crippen LogP contribution >= 0.6 is 0 Å². The lowest BCUT2D eigenvalue weighted by molar-refractivity contribution is 0.475. The van der Waals surface area contributed by atoms with Crippen molar-refractivity contribution in [3.05, 3.63) is 48.8 Å². The fraction of sp³-hybridized carbons (Fsp3) is 0. The van der Waals surface area contributed by atoms with Gasteiger partial charge < -0.3 is 10.2 Å². The van der Waals surface area contributed by atoms with Gasteiger partial charge in [-0.05, 0) is 24.3 Å². The SMILES string of the molecule is Oc1ccccc1-c1cnc2c(O)cccn12. The topological polar surface area (TPSA) is 57.8 Å². The highest BCUT2D eigenvalue weighted by Crippen LogP contribution is 2.30. The van der Waals surface area contributed by atoms with Gasteiger partial charge in [0, 0.05) is 11.8 Å². The third-order valence-corrected chi connectivity index (χ3v) is 2.70. The van der Waals surface area contributed by atoms with Gasteiger partial charge in [0.05, 0.1) is 11.9 Å². The zero-order valence-corrected chi connectivity index (χ0v) is 8.91. The molecule has 0 amide bonds. The second-order valence-electron chi connectivity index (χ2n) is 3.75. The second kappa shape index (κ2) is 3.52. The first-order chi connectivity index (χ1) is 8.27. The zero-order chi connectivity index (χ0) is 11.8. The van der Waals surface area contributed by atoms with Crippen LogP contribution in [0.2, 0.25) is 0 Å². The number of imidazole rings is 1. The summed E-state index contributed by atoms with van der Waals surface area (Å²) in [5.74, 6) is 0.312. The molecule has 0 spiro atoms.